The molecule has 9 nitrogen and oxygen atoms in total. The molecule has 0 fully saturated rings. The first-order chi connectivity index (χ1) is 17.7. The maximum atomic E-state index is 12.3. The number of carbonyl (C=O) groups is 2. The molecule has 0 saturated carbocycles. The average molecular weight is 523 g/mol. The standard InChI is InChI=1S/C27H26N2O7S/c30-16-6-9-19-22(13-16)36-23-14-17(31)7-10-20(23)25(19)18-8-5-15(12-21(18)26(34)35)29-27(37)28-11-3-1-2-4-24(32)33/h5-10,12-14,25,30-31H,1-4,11H2,(H,32,33)(H,34,35)(H2,28,29,37). The van der Waals surface area contributed by atoms with Crippen LogP contribution in [0.15, 0.2) is 54.6 Å². The van der Waals surface area contributed by atoms with Crippen molar-refractivity contribution >= 4 is 35.0 Å². The van der Waals surface area contributed by atoms with Crippen molar-refractivity contribution in [2.24, 2.45) is 0 Å². The molecule has 0 aliphatic carbocycles. The number of hydrogen-bond donors (Lipinski definition) is 6. The van der Waals surface area contributed by atoms with E-state index in [1.165, 1.54) is 30.3 Å². The lowest BCUT2D eigenvalue weighted by molar-refractivity contribution is -0.137. The molecule has 0 unspecified atom stereocenters. The van der Waals surface area contributed by atoms with Crippen LogP contribution in [0.4, 0.5) is 5.69 Å². The molecule has 37 heavy (non-hydrogen) atoms. The van der Waals surface area contributed by atoms with E-state index >= 15 is 0 Å². The van der Waals surface area contributed by atoms with E-state index in [9.17, 15) is 24.9 Å². The minimum absolute atomic E-state index is 0.00186. The summed E-state index contributed by atoms with van der Waals surface area (Å²) in [5.74, 6) is -1.71. The highest BCUT2D eigenvalue weighted by Gasteiger charge is 2.32. The van der Waals surface area contributed by atoms with Crippen LogP contribution < -0.4 is 15.4 Å². The van der Waals surface area contributed by atoms with Crippen molar-refractivity contribution in [3.05, 3.63) is 76.9 Å². The number of carboxylic acids is 2. The molecule has 192 valence electrons. The number of benzene rings is 3. The zero-order valence-corrected chi connectivity index (χ0v) is 20.5. The second-order valence-electron chi connectivity index (χ2n) is 8.67. The van der Waals surface area contributed by atoms with Crippen molar-refractivity contribution in [1.82, 2.24) is 5.32 Å². The second kappa shape index (κ2) is 11.2. The van der Waals surface area contributed by atoms with E-state index in [0.29, 0.717) is 52.0 Å². The molecular weight excluding hydrogens is 496 g/mol. The zero-order chi connectivity index (χ0) is 26.5. The van der Waals surface area contributed by atoms with Gasteiger partial charge in [-0.05, 0) is 54.9 Å². The van der Waals surface area contributed by atoms with Crippen LogP contribution in [-0.2, 0) is 4.79 Å². The summed E-state index contributed by atoms with van der Waals surface area (Å²) in [6.07, 6.45) is 2.24. The van der Waals surface area contributed by atoms with Crippen molar-refractivity contribution < 1.29 is 34.8 Å². The third kappa shape index (κ3) is 6.10. The summed E-state index contributed by atoms with van der Waals surface area (Å²) in [4.78, 5) is 22.9. The Kier molecular flexibility index (Phi) is 7.78. The van der Waals surface area contributed by atoms with Gasteiger partial charge in [-0.25, -0.2) is 4.79 Å². The number of phenols is 2. The lowest BCUT2D eigenvalue weighted by Crippen LogP contribution is -2.29. The number of thiocarbonyl (C=S) groups is 1. The summed E-state index contributed by atoms with van der Waals surface area (Å²) >= 11 is 5.32. The zero-order valence-electron chi connectivity index (χ0n) is 19.7. The maximum Gasteiger partial charge on any atom is 0.336 e. The Bertz CT molecular complexity index is 1310. The van der Waals surface area contributed by atoms with Crippen LogP contribution in [0, 0.1) is 0 Å². The van der Waals surface area contributed by atoms with Gasteiger partial charge >= 0.3 is 11.9 Å². The summed E-state index contributed by atoms with van der Waals surface area (Å²) in [7, 11) is 0. The topological polar surface area (TPSA) is 148 Å². The Hall–Kier alpha value is -4.31. The molecule has 4 rings (SSSR count). The Balaban J connectivity index is 1.57. The largest absolute Gasteiger partial charge is 0.508 e. The fraction of sp³-hybridized carbons (Fsp3) is 0.222. The molecule has 10 heteroatoms. The average Bonchev–Trinajstić information content (AvgIpc) is 2.84. The second-order valence-corrected chi connectivity index (χ2v) is 9.08. The predicted octanol–water partition coefficient (Wildman–Crippen LogP) is 5.01. The number of fused-ring (bicyclic) bond motifs is 2. The van der Waals surface area contributed by atoms with Gasteiger partial charge in [-0.1, -0.05) is 24.6 Å². The number of hydrogen-bond acceptors (Lipinski definition) is 6. The lowest BCUT2D eigenvalue weighted by atomic mass is 9.80. The normalized spacial score (nSPS) is 12.1. The first-order valence-electron chi connectivity index (χ1n) is 11.7. The third-order valence-corrected chi connectivity index (χ3v) is 6.29. The van der Waals surface area contributed by atoms with Crippen molar-refractivity contribution in [1.29, 1.82) is 0 Å². The fourth-order valence-electron chi connectivity index (χ4n) is 4.35. The quantitative estimate of drug-likeness (QED) is 0.131. The van der Waals surface area contributed by atoms with Crippen LogP contribution in [0.5, 0.6) is 23.0 Å². The van der Waals surface area contributed by atoms with Gasteiger partial charge in [0.15, 0.2) is 5.11 Å². The molecule has 0 atom stereocenters. The van der Waals surface area contributed by atoms with Crippen LogP contribution in [0.3, 0.4) is 0 Å². The minimum Gasteiger partial charge on any atom is -0.508 e. The van der Waals surface area contributed by atoms with E-state index in [1.807, 2.05) is 0 Å². The molecule has 1 heterocycles. The third-order valence-electron chi connectivity index (χ3n) is 6.04. The SMILES string of the molecule is O=C(O)CCCCCNC(=S)Nc1ccc(C2c3ccc(O)cc3Oc3cc(O)ccc32)c(C(=O)O)c1. The van der Waals surface area contributed by atoms with Crippen LogP contribution in [0.1, 0.15) is 58.6 Å². The smallest absolute Gasteiger partial charge is 0.336 e. The summed E-state index contributed by atoms with van der Waals surface area (Å²) in [6, 6.07) is 14.3. The highest BCUT2D eigenvalue weighted by molar-refractivity contribution is 7.80. The van der Waals surface area contributed by atoms with Gasteiger partial charge in [0.25, 0.3) is 0 Å². The van der Waals surface area contributed by atoms with E-state index in [4.69, 9.17) is 22.1 Å². The molecule has 0 saturated heterocycles. The Morgan fingerprint density at radius 1 is 0.838 bits per heavy atom. The van der Waals surface area contributed by atoms with E-state index < -0.39 is 17.9 Å². The molecule has 0 aromatic heterocycles. The Morgan fingerprint density at radius 3 is 2.05 bits per heavy atom. The highest BCUT2D eigenvalue weighted by atomic mass is 32.1. The highest BCUT2D eigenvalue weighted by Crippen LogP contribution is 2.49. The van der Waals surface area contributed by atoms with Gasteiger partial charge in [-0.2, -0.15) is 0 Å². The van der Waals surface area contributed by atoms with Gasteiger partial charge in [0.05, 0.1) is 5.56 Å². The molecule has 0 bridgehead atoms. The number of aliphatic carboxylic acids is 1. The van der Waals surface area contributed by atoms with Gasteiger partial charge < -0.3 is 35.8 Å². The Morgan fingerprint density at radius 2 is 1.46 bits per heavy atom. The molecular formula is C27H26N2O7S. The number of carboxylic acid groups (broad SMARTS) is 2. The number of unbranched alkanes of at least 4 members (excludes halogenated alkanes) is 2. The van der Waals surface area contributed by atoms with Crippen LogP contribution in [-0.4, -0.2) is 44.0 Å². The van der Waals surface area contributed by atoms with Crippen molar-refractivity contribution in [2.45, 2.75) is 31.6 Å². The predicted molar refractivity (Wildman–Crippen MR) is 141 cm³/mol. The molecule has 1 aliphatic heterocycles. The van der Waals surface area contributed by atoms with E-state index in [2.05, 4.69) is 10.6 Å². The summed E-state index contributed by atoms with van der Waals surface area (Å²) < 4.78 is 5.91. The van der Waals surface area contributed by atoms with Gasteiger partial charge in [-0.3, -0.25) is 4.79 Å². The molecule has 0 radical (unpaired) electrons. The fourth-order valence-corrected chi connectivity index (χ4v) is 4.57. The summed E-state index contributed by atoms with van der Waals surface area (Å²) in [5, 5.41) is 45.1. The number of rotatable bonds is 9. The number of ether oxygens (including phenoxy) is 1. The van der Waals surface area contributed by atoms with Gasteiger partial charge in [-0.15, -0.1) is 0 Å². The molecule has 3 aromatic rings. The van der Waals surface area contributed by atoms with Gasteiger partial charge in [0.2, 0.25) is 0 Å². The first-order valence-corrected chi connectivity index (χ1v) is 12.1. The van der Waals surface area contributed by atoms with Gasteiger partial charge in [0, 0.05) is 47.8 Å². The summed E-state index contributed by atoms with van der Waals surface area (Å²) in [5.41, 5.74) is 2.43. The Labute approximate surface area is 218 Å². The van der Waals surface area contributed by atoms with E-state index in [1.54, 1.807) is 24.3 Å². The molecule has 6 N–H and O–H groups in total. The van der Waals surface area contributed by atoms with E-state index in [0.717, 1.165) is 12.8 Å². The number of aromatic carboxylic acids is 1. The summed E-state index contributed by atoms with van der Waals surface area (Å²) in [6.45, 7) is 0.560. The van der Waals surface area contributed by atoms with Crippen molar-refractivity contribution in [2.75, 3.05) is 11.9 Å². The molecule has 0 spiro atoms. The number of nitrogens with one attached hydrogen (secondary N) is 2. The van der Waals surface area contributed by atoms with Crippen LogP contribution in [0.25, 0.3) is 0 Å². The van der Waals surface area contributed by atoms with E-state index in [-0.39, 0.29) is 23.5 Å². The number of anilines is 1. The molecule has 0 amide bonds. The minimum atomic E-state index is -1.12. The van der Waals surface area contributed by atoms with Crippen LogP contribution >= 0.6 is 12.2 Å². The number of aromatic hydroxyl groups is 2. The molecule has 1 aliphatic rings. The van der Waals surface area contributed by atoms with Gasteiger partial charge in [0.1, 0.15) is 23.0 Å². The lowest BCUT2D eigenvalue weighted by Gasteiger charge is -2.30. The first kappa shape index (κ1) is 25.8. The molecule has 3 aromatic carbocycles. The number of phenolic OH excluding ortho intramolecular Hbond substituents is 2. The monoisotopic (exact) mass is 522 g/mol. The maximum absolute atomic E-state index is 12.3. The van der Waals surface area contributed by atoms with Crippen LogP contribution in [0.2, 0.25) is 0 Å². The van der Waals surface area contributed by atoms with Crippen molar-refractivity contribution in [3.8, 4) is 23.0 Å². The van der Waals surface area contributed by atoms with Crippen molar-refractivity contribution in [3.63, 3.8) is 0 Å².